The summed E-state index contributed by atoms with van der Waals surface area (Å²) in [5.41, 5.74) is -2.08. The van der Waals surface area contributed by atoms with E-state index in [1.54, 1.807) is 12.0 Å². The zero-order chi connectivity index (χ0) is 30.9. The van der Waals surface area contributed by atoms with Crippen molar-refractivity contribution in [3.63, 3.8) is 0 Å². The lowest BCUT2D eigenvalue weighted by Gasteiger charge is -2.35. The number of halogens is 5. The van der Waals surface area contributed by atoms with Gasteiger partial charge in [0.2, 0.25) is 5.56 Å². The molecule has 2 aromatic carbocycles. The van der Waals surface area contributed by atoms with Gasteiger partial charge in [0.05, 0.1) is 34.5 Å². The number of fused-ring (bicyclic) bond motifs is 1. The number of aromatic amines is 1. The standard InChI is InChI=1S/C29H30BrF4N5O4/c1-43-12-11-37-7-9-38(10-8-37)28(42)21-13-17(30)14-22(29(32,33)34)26(21)39-6-5-18(16-39)35-27(41)20-15-24(40)36-25-19(20)3-2-4-23(25)31/h2-4,13-15,18H,5-12,16H2,1H3,(H,35,41)(H,36,40)/t18-/m1/s1. The molecule has 2 amide bonds. The molecule has 2 fully saturated rings. The van der Waals surface area contributed by atoms with E-state index in [2.05, 4.69) is 31.1 Å². The minimum atomic E-state index is -4.75. The first kappa shape index (κ1) is 31.0. The minimum Gasteiger partial charge on any atom is -0.383 e. The number of piperazine rings is 1. The molecule has 230 valence electrons. The van der Waals surface area contributed by atoms with Gasteiger partial charge in [-0.15, -0.1) is 0 Å². The Morgan fingerprint density at radius 1 is 1.09 bits per heavy atom. The molecule has 0 saturated carbocycles. The molecule has 3 aromatic rings. The number of hydrogen-bond acceptors (Lipinski definition) is 6. The Balaban J connectivity index is 1.39. The first-order chi connectivity index (χ1) is 20.5. The molecule has 1 atom stereocenters. The third-order valence-corrected chi connectivity index (χ3v) is 8.25. The van der Waals surface area contributed by atoms with Crippen LogP contribution in [0.2, 0.25) is 0 Å². The zero-order valence-corrected chi connectivity index (χ0v) is 24.9. The molecule has 0 radical (unpaired) electrons. The van der Waals surface area contributed by atoms with Crippen molar-refractivity contribution in [2.24, 2.45) is 0 Å². The summed E-state index contributed by atoms with van der Waals surface area (Å²) in [7, 11) is 1.60. The molecule has 2 N–H and O–H groups in total. The largest absolute Gasteiger partial charge is 0.418 e. The van der Waals surface area contributed by atoms with Gasteiger partial charge in [-0.1, -0.05) is 28.1 Å². The Labute approximate surface area is 252 Å². The van der Waals surface area contributed by atoms with E-state index in [0.717, 1.165) is 18.2 Å². The number of aromatic nitrogens is 1. The highest BCUT2D eigenvalue weighted by Gasteiger charge is 2.40. The van der Waals surface area contributed by atoms with Gasteiger partial charge in [-0.3, -0.25) is 19.3 Å². The SMILES string of the molecule is COCCN1CCN(C(=O)c2cc(Br)cc(C(F)(F)F)c2N2CC[C@@H](NC(=O)c3cc(=O)[nH]c4c(F)cccc34)C2)CC1. The highest BCUT2D eigenvalue weighted by molar-refractivity contribution is 9.10. The molecule has 0 aliphatic carbocycles. The number of carbonyl (C=O) groups is 2. The third kappa shape index (κ3) is 6.70. The maximum Gasteiger partial charge on any atom is 0.418 e. The lowest BCUT2D eigenvalue weighted by atomic mass is 10.0. The average Bonchev–Trinajstić information content (AvgIpc) is 3.43. The predicted octanol–water partition coefficient (Wildman–Crippen LogP) is 3.86. The van der Waals surface area contributed by atoms with Gasteiger partial charge in [-0.25, -0.2) is 4.39 Å². The lowest BCUT2D eigenvalue weighted by molar-refractivity contribution is -0.137. The van der Waals surface area contributed by atoms with Crippen molar-refractivity contribution in [2.45, 2.75) is 18.6 Å². The Kier molecular flexibility index (Phi) is 9.09. The fraction of sp³-hybridized carbons (Fsp3) is 0.414. The monoisotopic (exact) mass is 667 g/mol. The van der Waals surface area contributed by atoms with E-state index in [1.807, 2.05) is 0 Å². The Hall–Kier alpha value is -3.49. The van der Waals surface area contributed by atoms with E-state index in [9.17, 15) is 31.9 Å². The Bertz CT molecular complexity index is 1590. The van der Waals surface area contributed by atoms with Crippen LogP contribution in [0.5, 0.6) is 0 Å². The van der Waals surface area contributed by atoms with Gasteiger partial charge in [-0.05, 0) is 24.6 Å². The van der Waals surface area contributed by atoms with Crippen LogP contribution in [-0.2, 0) is 10.9 Å². The van der Waals surface area contributed by atoms with Crippen molar-refractivity contribution in [1.29, 1.82) is 0 Å². The molecule has 2 saturated heterocycles. The van der Waals surface area contributed by atoms with Crippen LogP contribution < -0.4 is 15.8 Å². The average molecular weight is 668 g/mol. The molecule has 2 aliphatic heterocycles. The number of pyridine rings is 1. The molecule has 5 rings (SSSR count). The number of hydrogen-bond donors (Lipinski definition) is 2. The Morgan fingerprint density at radius 2 is 1.84 bits per heavy atom. The van der Waals surface area contributed by atoms with Gasteiger partial charge >= 0.3 is 6.18 Å². The highest BCUT2D eigenvalue weighted by atomic mass is 79.9. The molecule has 43 heavy (non-hydrogen) atoms. The fourth-order valence-corrected chi connectivity index (χ4v) is 6.12. The van der Waals surface area contributed by atoms with Gasteiger partial charge in [0, 0.05) is 74.9 Å². The molecular formula is C29H30BrF4N5O4. The highest BCUT2D eigenvalue weighted by Crippen LogP contribution is 2.42. The molecule has 14 heteroatoms. The van der Waals surface area contributed by atoms with E-state index in [0.29, 0.717) is 45.8 Å². The number of methoxy groups -OCH3 is 1. The number of nitrogens with one attached hydrogen (secondary N) is 2. The number of nitrogens with zero attached hydrogens (tertiary/aromatic N) is 3. The molecule has 9 nitrogen and oxygen atoms in total. The van der Waals surface area contributed by atoms with Crippen LogP contribution in [-0.4, -0.2) is 92.2 Å². The summed E-state index contributed by atoms with van der Waals surface area (Å²) in [6, 6.07) is 6.90. The lowest BCUT2D eigenvalue weighted by Crippen LogP contribution is -2.49. The third-order valence-electron chi connectivity index (χ3n) is 7.79. The van der Waals surface area contributed by atoms with E-state index in [1.165, 1.54) is 23.1 Å². The van der Waals surface area contributed by atoms with Gasteiger partial charge in [0.25, 0.3) is 11.8 Å². The van der Waals surface area contributed by atoms with Crippen LogP contribution in [0.4, 0.5) is 23.2 Å². The quantitative estimate of drug-likeness (QED) is 0.372. The summed E-state index contributed by atoms with van der Waals surface area (Å²) in [5, 5.41) is 2.98. The van der Waals surface area contributed by atoms with Gasteiger partial charge < -0.3 is 24.8 Å². The molecular weight excluding hydrogens is 638 g/mol. The van der Waals surface area contributed by atoms with Crippen molar-refractivity contribution in [1.82, 2.24) is 20.1 Å². The predicted molar refractivity (Wildman–Crippen MR) is 156 cm³/mol. The number of H-pyrrole nitrogens is 1. The maximum atomic E-state index is 14.4. The summed E-state index contributed by atoms with van der Waals surface area (Å²) in [5.74, 6) is -1.85. The topological polar surface area (TPSA) is 98.0 Å². The fourth-order valence-electron chi connectivity index (χ4n) is 5.66. The second kappa shape index (κ2) is 12.6. The Morgan fingerprint density at radius 3 is 2.53 bits per heavy atom. The number of amides is 2. The van der Waals surface area contributed by atoms with Crippen molar-refractivity contribution >= 4 is 44.3 Å². The number of ether oxygens (including phenoxy) is 1. The van der Waals surface area contributed by atoms with E-state index < -0.39 is 41.0 Å². The van der Waals surface area contributed by atoms with Crippen LogP contribution in [0.1, 0.15) is 32.7 Å². The van der Waals surface area contributed by atoms with E-state index >= 15 is 0 Å². The minimum absolute atomic E-state index is 0.00296. The second-order valence-electron chi connectivity index (χ2n) is 10.6. The number of rotatable bonds is 7. The zero-order valence-electron chi connectivity index (χ0n) is 23.3. The molecule has 0 bridgehead atoms. The molecule has 0 spiro atoms. The summed E-state index contributed by atoms with van der Waals surface area (Å²) in [6.45, 7) is 3.24. The smallest absolute Gasteiger partial charge is 0.383 e. The van der Waals surface area contributed by atoms with E-state index in [-0.39, 0.29) is 45.3 Å². The second-order valence-corrected chi connectivity index (χ2v) is 11.5. The van der Waals surface area contributed by atoms with Gasteiger partial charge in [0.1, 0.15) is 5.82 Å². The normalized spacial score (nSPS) is 18.0. The van der Waals surface area contributed by atoms with Crippen LogP contribution in [0.15, 0.2) is 45.7 Å². The summed E-state index contributed by atoms with van der Waals surface area (Å²) in [6.07, 6.45) is -4.46. The summed E-state index contributed by atoms with van der Waals surface area (Å²) < 4.78 is 62.6. The number of anilines is 1. The van der Waals surface area contributed by atoms with Gasteiger partial charge in [0.15, 0.2) is 0 Å². The van der Waals surface area contributed by atoms with Crippen LogP contribution in [0.25, 0.3) is 10.9 Å². The molecule has 1 aromatic heterocycles. The first-order valence-electron chi connectivity index (χ1n) is 13.7. The number of carbonyl (C=O) groups excluding carboxylic acids is 2. The molecule has 0 unspecified atom stereocenters. The van der Waals surface area contributed by atoms with Crippen molar-refractivity contribution in [3.8, 4) is 0 Å². The van der Waals surface area contributed by atoms with Crippen LogP contribution in [0, 0.1) is 5.82 Å². The molecule has 3 heterocycles. The number of benzene rings is 2. The molecule has 2 aliphatic rings. The van der Waals surface area contributed by atoms with Crippen molar-refractivity contribution < 1.29 is 31.9 Å². The summed E-state index contributed by atoms with van der Waals surface area (Å²) in [4.78, 5) is 46.6. The van der Waals surface area contributed by atoms with Crippen molar-refractivity contribution in [3.05, 3.63) is 73.7 Å². The van der Waals surface area contributed by atoms with E-state index in [4.69, 9.17) is 4.74 Å². The number of para-hydroxylation sites is 1. The summed E-state index contributed by atoms with van der Waals surface area (Å²) >= 11 is 3.16. The number of alkyl halides is 3. The van der Waals surface area contributed by atoms with Crippen molar-refractivity contribution in [2.75, 3.05) is 64.4 Å². The maximum absolute atomic E-state index is 14.4. The van der Waals surface area contributed by atoms with Crippen LogP contribution in [0.3, 0.4) is 0 Å². The van der Waals surface area contributed by atoms with Crippen LogP contribution >= 0.6 is 15.9 Å². The van der Waals surface area contributed by atoms with Gasteiger partial charge in [-0.2, -0.15) is 13.2 Å². The first-order valence-corrected chi connectivity index (χ1v) is 14.5.